The normalized spacial score (nSPS) is 14.9. The molecule has 1 aromatic carbocycles. The molecule has 1 unspecified atom stereocenters. The van der Waals surface area contributed by atoms with Crippen LogP contribution in [-0.4, -0.2) is 25.4 Å². The first kappa shape index (κ1) is 12.9. The fourth-order valence-electron chi connectivity index (χ4n) is 1.42. The third-order valence-electron chi connectivity index (χ3n) is 2.57. The molecule has 5 heteroatoms. The number of ether oxygens (including phenoxy) is 1. The Morgan fingerprint density at radius 1 is 1.44 bits per heavy atom. The summed E-state index contributed by atoms with van der Waals surface area (Å²) in [5.74, 6) is 0.0726. The van der Waals surface area contributed by atoms with Crippen LogP contribution in [0.5, 0.6) is 5.75 Å². The number of nitrogens with one attached hydrogen (secondary N) is 1. The summed E-state index contributed by atoms with van der Waals surface area (Å²) < 4.78 is 28.8. The van der Waals surface area contributed by atoms with Crippen LogP contribution in [0.25, 0.3) is 0 Å². The first-order valence-electron chi connectivity index (χ1n) is 4.87. The summed E-state index contributed by atoms with van der Waals surface area (Å²) in [7, 11) is 1.65. The maximum atomic E-state index is 12.2. The lowest BCUT2D eigenvalue weighted by atomic mass is 9.92. The van der Waals surface area contributed by atoms with Crippen LogP contribution in [0.15, 0.2) is 24.3 Å². The minimum atomic E-state index is -2.87. The van der Waals surface area contributed by atoms with Crippen LogP contribution >= 0.6 is 0 Å². The number of para-hydroxylation sites is 1. The molecule has 0 aliphatic rings. The van der Waals surface area contributed by atoms with E-state index in [9.17, 15) is 13.9 Å². The van der Waals surface area contributed by atoms with Crippen molar-refractivity contribution >= 4 is 0 Å². The van der Waals surface area contributed by atoms with Gasteiger partial charge in [-0.1, -0.05) is 18.2 Å². The highest BCUT2D eigenvalue weighted by Crippen LogP contribution is 2.30. The van der Waals surface area contributed by atoms with Gasteiger partial charge in [0.1, 0.15) is 5.75 Å². The Hall–Kier alpha value is -1.20. The Morgan fingerprint density at radius 3 is 2.56 bits per heavy atom. The minimum Gasteiger partial charge on any atom is -0.434 e. The van der Waals surface area contributed by atoms with Crippen LogP contribution in [0.3, 0.4) is 0 Å². The van der Waals surface area contributed by atoms with Gasteiger partial charge in [0.05, 0.1) is 12.1 Å². The van der Waals surface area contributed by atoms with Crippen molar-refractivity contribution in [3.05, 3.63) is 29.8 Å². The van der Waals surface area contributed by atoms with Crippen molar-refractivity contribution in [2.24, 2.45) is 0 Å². The quantitative estimate of drug-likeness (QED) is 0.810. The van der Waals surface area contributed by atoms with E-state index < -0.39 is 12.2 Å². The fraction of sp³-hybridized carbons (Fsp3) is 0.455. The van der Waals surface area contributed by atoms with Crippen molar-refractivity contribution in [2.75, 3.05) is 13.7 Å². The van der Waals surface area contributed by atoms with Gasteiger partial charge in [-0.15, -0.1) is 0 Å². The molecule has 0 aliphatic heterocycles. The number of aliphatic hydroxyl groups is 1. The van der Waals surface area contributed by atoms with Crippen LogP contribution in [0.2, 0.25) is 0 Å². The molecule has 0 fully saturated rings. The third kappa shape index (κ3) is 2.68. The summed E-state index contributed by atoms with van der Waals surface area (Å²) in [6.45, 7) is -1.38. The standard InChI is InChI=1S/C11H15F2NO2/c1-11(7-15,14-2)8-5-3-4-6-9(8)16-10(12)13/h3-6,10,14-15H,7H2,1-2H3. The molecule has 0 aliphatic carbocycles. The van der Waals surface area contributed by atoms with E-state index in [1.165, 1.54) is 6.07 Å². The van der Waals surface area contributed by atoms with Crippen LogP contribution in [0.1, 0.15) is 12.5 Å². The maximum absolute atomic E-state index is 12.2. The zero-order valence-electron chi connectivity index (χ0n) is 9.21. The van der Waals surface area contributed by atoms with E-state index in [0.29, 0.717) is 5.56 Å². The van der Waals surface area contributed by atoms with Crippen LogP contribution in [0.4, 0.5) is 8.78 Å². The molecule has 1 aromatic rings. The Balaban J connectivity index is 3.11. The summed E-state index contributed by atoms with van der Waals surface area (Å²) in [6, 6.07) is 6.41. The van der Waals surface area contributed by atoms with Gasteiger partial charge in [0.2, 0.25) is 0 Å². The predicted octanol–water partition coefficient (Wildman–Crippen LogP) is 1.71. The van der Waals surface area contributed by atoms with E-state index in [2.05, 4.69) is 10.1 Å². The van der Waals surface area contributed by atoms with Crippen molar-refractivity contribution in [3.63, 3.8) is 0 Å². The molecular weight excluding hydrogens is 216 g/mol. The van der Waals surface area contributed by atoms with Gasteiger partial charge in [0, 0.05) is 5.56 Å². The molecular formula is C11H15F2NO2. The summed E-state index contributed by atoms with van der Waals surface area (Å²) >= 11 is 0. The van der Waals surface area contributed by atoms with E-state index in [-0.39, 0.29) is 12.4 Å². The van der Waals surface area contributed by atoms with E-state index >= 15 is 0 Å². The largest absolute Gasteiger partial charge is 0.434 e. The van der Waals surface area contributed by atoms with Gasteiger partial charge in [-0.05, 0) is 20.0 Å². The molecule has 3 nitrogen and oxygen atoms in total. The van der Waals surface area contributed by atoms with Gasteiger partial charge in [0.25, 0.3) is 0 Å². The number of rotatable bonds is 5. The first-order valence-corrected chi connectivity index (χ1v) is 4.87. The SMILES string of the molecule is CNC(C)(CO)c1ccccc1OC(F)F. The van der Waals surface area contributed by atoms with Crippen molar-refractivity contribution in [2.45, 2.75) is 19.1 Å². The maximum Gasteiger partial charge on any atom is 0.387 e. The topological polar surface area (TPSA) is 41.5 Å². The Labute approximate surface area is 93.0 Å². The molecule has 2 N–H and O–H groups in total. The molecule has 16 heavy (non-hydrogen) atoms. The summed E-state index contributed by atoms with van der Waals surface area (Å²) in [5.41, 5.74) is -0.300. The van der Waals surface area contributed by atoms with Crippen LogP contribution < -0.4 is 10.1 Å². The molecule has 90 valence electrons. The van der Waals surface area contributed by atoms with Gasteiger partial charge in [-0.2, -0.15) is 8.78 Å². The average molecular weight is 231 g/mol. The van der Waals surface area contributed by atoms with Crippen molar-refractivity contribution < 1.29 is 18.6 Å². The van der Waals surface area contributed by atoms with Gasteiger partial charge in [0.15, 0.2) is 0 Å². The second-order valence-electron chi connectivity index (χ2n) is 3.61. The van der Waals surface area contributed by atoms with Gasteiger partial charge >= 0.3 is 6.61 Å². The highest BCUT2D eigenvalue weighted by atomic mass is 19.3. The molecule has 0 heterocycles. The van der Waals surface area contributed by atoms with E-state index in [1.807, 2.05) is 0 Å². The number of hydrogen-bond acceptors (Lipinski definition) is 3. The molecule has 0 radical (unpaired) electrons. The van der Waals surface area contributed by atoms with Crippen molar-refractivity contribution in [1.29, 1.82) is 0 Å². The predicted molar refractivity (Wildman–Crippen MR) is 56.6 cm³/mol. The Morgan fingerprint density at radius 2 is 2.06 bits per heavy atom. The highest BCUT2D eigenvalue weighted by Gasteiger charge is 2.27. The van der Waals surface area contributed by atoms with Gasteiger partial charge in [-0.25, -0.2) is 0 Å². The monoisotopic (exact) mass is 231 g/mol. The summed E-state index contributed by atoms with van der Waals surface area (Å²) in [6.07, 6.45) is 0. The summed E-state index contributed by atoms with van der Waals surface area (Å²) in [4.78, 5) is 0. The molecule has 0 amide bonds. The average Bonchev–Trinajstić information content (AvgIpc) is 2.28. The molecule has 0 saturated carbocycles. The number of likely N-dealkylation sites (N-methyl/N-ethyl adjacent to an activating group) is 1. The number of benzene rings is 1. The minimum absolute atomic E-state index is 0.0726. The summed E-state index contributed by atoms with van der Waals surface area (Å²) in [5, 5.41) is 12.2. The fourth-order valence-corrected chi connectivity index (χ4v) is 1.42. The number of alkyl halides is 2. The van der Waals surface area contributed by atoms with Crippen LogP contribution in [0, 0.1) is 0 Å². The molecule has 1 atom stereocenters. The number of halogens is 2. The Bertz CT molecular complexity index is 341. The van der Waals surface area contributed by atoms with E-state index in [4.69, 9.17) is 0 Å². The van der Waals surface area contributed by atoms with E-state index in [1.54, 1.807) is 32.2 Å². The smallest absolute Gasteiger partial charge is 0.387 e. The number of hydrogen-bond donors (Lipinski definition) is 2. The highest BCUT2D eigenvalue weighted by molar-refractivity contribution is 5.38. The van der Waals surface area contributed by atoms with Crippen molar-refractivity contribution in [1.82, 2.24) is 5.32 Å². The zero-order chi connectivity index (χ0) is 12.2. The lowest BCUT2D eigenvalue weighted by molar-refractivity contribution is -0.0514. The zero-order valence-corrected chi connectivity index (χ0v) is 9.21. The van der Waals surface area contributed by atoms with Crippen LogP contribution in [-0.2, 0) is 5.54 Å². The molecule has 0 saturated heterocycles. The number of aliphatic hydroxyl groups excluding tert-OH is 1. The molecule has 0 spiro atoms. The lowest BCUT2D eigenvalue weighted by Crippen LogP contribution is -2.40. The first-order chi connectivity index (χ1) is 7.53. The Kier molecular flexibility index (Phi) is 4.20. The second kappa shape index (κ2) is 5.23. The van der Waals surface area contributed by atoms with Gasteiger partial charge < -0.3 is 15.2 Å². The molecule has 1 rings (SSSR count). The molecule has 0 bridgehead atoms. The van der Waals surface area contributed by atoms with E-state index in [0.717, 1.165) is 0 Å². The second-order valence-corrected chi connectivity index (χ2v) is 3.61. The lowest BCUT2D eigenvalue weighted by Gasteiger charge is -2.29. The third-order valence-corrected chi connectivity index (χ3v) is 2.57. The molecule has 0 aromatic heterocycles. The van der Waals surface area contributed by atoms with Gasteiger partial charge in [-0.3, -0.25) is 0 Å². The van der Waals surface area contributed by atoms with Crippen molar-refractivity contribution in [3.8, 4) is 5.75 Å².